The summed E-state index contributed by atoms with van der Waals surface area (Å²) in [7, 11) is 0. The maximum Gasteiger partial charge on any atom is 0.301 e. The van der Waals surface area contributed by atoms with Crippen molar-refractivity contribution in [2.24, 2.45) is 0 Å². The Morgan fingerprint density at radius 3 is 2.39 bits per heavy atom. The molecule has 3 aromatic rings. The zero-order chi connectivity index (χ0) is 19.8. The number of amides is 1. The quantitative estimate of drug-likeness (QED) is 0.372. The molecule has 1 N–H and O–H groups in total. The highest BCUT2D eigenvalue weighted by Gasteiger charge is 2.48. The summed E-state index contributed by atoms with van der Waals surface area (Å²) < 4.78 is 5.96. The molecular weight excluding hydrogens is 424 g/mol. The standard InChI is InChI=1S/C21H15BrN2O4/c1-12-11-16(23-28-12)24-18(13-7-9-15(22)10-8-13)17(20(26)21(24)27)19(25)14-5-3-2-4-6-14/h2-11,18,25H,1H3. The number of carbonyl (C=O) groups excluding carboxylic acids is 2. The average Bonchev–Trinajstić information content (AvgIpc) is 3.24. The van der Waals surface area contributed by atoms with Crippen LogP contribution in [0.4, 0.5) is 5.82 Å². The summed E-state index contributed by atoms with van der Waals surface area (Å²) in [6.07, 6.45) is 0. The van der Waals surface area contributed by atoms with Gasteiger partial charge in [-0.3, -0.25) is 14.5 Å². The fraction of sp³-hybridized carbons (Fsp3) is 0.0952. The number of aromatic nitrogens is 1. The first kappa shape index (κ1) is 18.2. The van der Waals surface area contributed by atoms with Crippen molar-refractivity contribution in [1.82, 2.24) is 5.16 Å². The van der Waals surface area contributed by atoms with Gasteiger partial charge in [-0.05, 0) is 24.6 Å². The first-order valence-electron chi connectivity index (χ1n) is 8.52. The van der Waals surface area contributed by atoms with Crippen molar-refractivity contribution < 1.29 is 19.2 Å². The Morgan fingerprint density at radius 2 is 1.79 bits per heavy atom. The van der Waals surface area contributed by atoms with Crippen LogP contribution in [0.5, 0.6) is 0 Å². The molecule has 2 heterocycles. The van der Waals surface area contributed by atoms with Crippen molar-refractivity contribution in [3.05, 3.63) is 87.6 Å². The van der Waals surface area contributed by atoms with Gasteiger partial charge in [-0.2, -0.15) is 0 Å². The van der Waals surface area contributed by atoms with Crippen LogP contribution in [0.25, 0.3) is 5.76 Å². The Labute approximate surface area is 169 Å². The molecule has 1 aromatic heterocycles. The Kier molecular flexibility index (Phi) is 4.60. The number of anilines is 1. The number of aryl methyl sites for hydroxylation is 1. The van der Waals surface area contributed by atoms with E-state index in [0.717, 1.165) is 4.47 Å². The molecule has 6 nitrogen and oxygen atoms in total. The van der Waals surface area contributed by atoms with Gasteiger partial charge < -0.3 is 9.63 Å². The Balaban J connectivity index is 1.94. The highest BCUT2D eigenvalue weighted by molar-refractivity contribution is 9.10. The third kappa shape index (κ3) is 3.03. The van der Waals surface area contributed by atoms with E-state index in [4.69, 9.17) is 4.52 Å². The van der Waals surface area contributed by atoms with E-state index < -0.39 is 17.7 Å². The van der Waals surface area contributed by atoms with Crippen molar-refractivity contribution in [2.45, 2.75) is 13.0 Å². The molecule has 0 aliphatic carbocycles. The summed E-state index contributed by atoms with van der Waals surface area (Å²) in [6.45, 7) is 1.70. The largest absolute Gasteiger partial charge is 0.507 e. The molecule has 140 valence electrons. The van der Waals surface area contributed by atoms with Gasteiger partial charge in [0.15, 0.2) is 5.82 Å². The van der Waals surface area contributed by atoms with Gasteiger partial charge in [-0.1, -0.05) is 63.6 Å². The van der Waals surface area contributed by atoms with E-state index in [9.17, 15) is 14.7 Å². The Hall–Kier alpha value is -3.19. The van der Waals surface area contributed by atoms with Gasteiger partial charge in [0.1, 0.15) is 11.5 Å². The van der Waals surface area contributed by atoms with Gasteiger partial charge in [-0.15, -0.1) is 0 Å². The molecule has 0 bridgehead atoms. The molecule has 0 saturated carbocycles. The predicted molar refractivity (Wildman–Crippen MR) is 107 cm³/mol. The summed E-state index contributed by atoms with van der Waals surface area (Å²) in [5, 5.41) is 14.8. The van der Waals surface area contributed by atoms with Gasteiger partial charge in [0.05, 0.1) is 11.6 Å². The molecule has 1 amide bonds. The van der Waals surface area contributed by atoms with Crippen molar-refractivity contribution in [3.63, 3.8) is 0 Å². The van der Waals surface area contributed by atoms with Crippen LogP contribution in [0, 0.1) is 6.92 Å². The number of Topliss-reactive ketones (excluding diaryl/α,β-unsaturated/α-hetero) is 1. The van der Waals surface area contributed by atoms with Crippen LogP contribution >= 0.6 is 15.9 Å². The smallest absolute Gasteiger partial charge is 0.301 e. The van der Waals surface area contributed by atoms with E-state index in [-0.39, 0.29) is 17.2 Å². The predicted octanol–water partition coefficient (Wildman–Crippen LogP) is 4.37. The number of ketones is 1. The van der Waals surface area contributed by atoms with Gasteiger partial charge in [0, 0.05) is 16.1 Å². The summed E-state index contributed by atoms with van der Waals surface area (Å²) in [6, 6.07) is 16.6. The van der Waals surface area contributed by atoms with E-state index in [1.807, 2.05) is 12.1 Å². The zero-order valence-electron chi connectivity index (χ0n) is 14.8. The number of hydrogen-bond acceptors (Lipinski definition) is 5. The first-order chi connectivity index (χ1) is 13.5. The lowest BCUT2D eigenvalue weighted by atomic mass is 9.95. The fourth-order valence-electron chi connectivity index (χ4n) is 3.25. The highest BCUT2D eigenvalue weighted by atomic mass is 79.9. The molecule has 2 aromatic carbocycles. The minimum atomic E-state index is -0.821. The van der Waals surface area contributed by atoms with Crippen LogP contribution in [0.3, 0.4) is 0 Å². The molecule has 0 spiro atoms. The van der Waals surface area contributed by atoms with Crippen LogP contribution < -0.4 is 4.90 Å². The average molecular weight is 439 g/mol. The zero-order valence-corrected chi connectivity index (χ0v) is 16.4. The second kappa shape index (κ2) is 7.09. The minimum absolute atomic E-state index is 0.0131. The van der Waals surface area contributed by atoms with Gasteiger partial charge in [0.2, 0.25) is 0 Å². The Bertz CT molecular complexity index is 1090. The molecule has 1 saturated heterocycles. The van der Waals surface area contributed by atoms with Crippen LogP contribution in [-0.2, 0) is 9.59 Å². The first-order valence-corrected chi connectivity index (χ1v) is 9.32. The number of rotatable bonds is 3. The summed E-state index contributed by atoms with van der Waals surface area (Å²) in [4.78, 5) is 27.0. The van der Waals surface area contributed by atoms with Crippen LogP contribution in [-0.4, -0.2) is 22.0 Å². The second-order valence-corrected chi connectivity index (χ2v) is 7.30. The van der Waals surface area contributed by atoms with Gasteiger partial charge in [-0.25, -0.2) is 0 Å². The third-order valence-electron chi connectivity index (χ3n) is 4.54. The third-order valence-corrected chi connectivity index (χ3v) is 5.07. The molecule has 1 unspecified atom stereocenters. The van der Waals surface area contributed by atoms with Crippen molar-refractivity contribution in [3.8, 4) is 0 Å². The lowest BCUT2D eigenvalue weighted by Crippen LogP contribution is -2.29. The summed E-state index contributed by atoms with van der Waals surface area (Å²) >= 11 is 3.39. The van der Waals surface area contributed by atoms with Crippen LogP contribution in [0.2, 0.25) is 0 Å². The second-order valence-electron chi connectivity index (χ2n) is 6.38. The summed E-state index contributed by atoms with van der Waals surface area (Å²) in [5.74, 6) is -1.03. The van der Waals surface area contributed by atoms with Gasteiger partial charge >= 0.3 is 5.91 Å². The number of carbonyl (C=O) groups is 2. The normalized spacial score (nSPS) is 18.6. The molecule has 0 radical (unpaired) electrons. The lowest BCUT2D eigenvalue weighted by Gasteiger charge is -2.22. The van der Waals surface area contributed by atoms with E-state index in [1.54, 1.807) is 55.5 Å². The molecule has 1 aliphatic heterocycles. The van der Waals surface area contributed by atoms with E-state index in [0.29, 0.717) is 16.9 Å². The number of benzene rings is 2. The molecule has 4 rings (SSSR count). The van der Waals surface area contributed by atoms with Crippen molar-refractivity contribution >= 4 is 39.2 Å². The molecule has 28 heavy (non-hydrogen) atoms. The topological polar surface area (TPSA) is 83.6 Å². The van der Waals surface area contributed by atoms with E-state index >= 15 is 0 Å². The SMILES string of the molecule is Cc1cc(N2C(=O)C(=O)C(=C(O)c3ccccc3)C2c2ccc(Br)cc2)no1. The maximum atomic E-state index is 12.9. The van der Waals surface area contributed by atoms with Crippen molar-refractivity contribution in [1.29, 1.82) is 0 Å². The summed E-state index contributed by atoms with van der Waals surface area (Å²) in [5.41, 5.74) is 1.14. The number of aliphatic hydroxyl groups excluding tert-OH is 1. The molecule has 7 heteroatoms. The fourth-order valence-corrected chi connectivity index (χ4v) is 3.51. The molecule has 1 atom stereocenters. The highest BCUT2D eigenvalue weighted by Crippen LogP contribution is 2.42. The lowest BCUT2D eigenvalue weighted by molar-refractivity contribution is -0.132. The Morgan fingerprint density at radius 1 is 1.11 bits per heavy atom. The molecule has 1 aliphatic rings. The van der Waals surface area contributed by atoms with E-state index in [2.05, 4.69) is 21.1 Å². The monoisotopic (exact) mass is 438 g/mol. The number of aliphatic hydroxyl groups is 1. The number of hydrogen-bond donors (Lipinski definition) is 1. The van der Waals surface area contributed by atoms with Crippen molar-refractivity contribution in [2.75, 3.05) is 4.90 Å². The van der Waals surface area contributed by atoms with Crippen LogP contribution in [0.15, 0.2) is 75.2 Å². The number of halogens is 1. The van der Waals surface area contributed by atoms with Crippen LogP contribution in [0.1, 0.15) is 22.9 Å². The molecular formula is C21H15BrN2O4. The molecule has 1 fully saturated rings. The maximum absolute atomic E-state index is 12.9. The number of nitrogens with zero attached hydrogens (tertiary/aromatic N) is 2. The van der Waals surface area contributed by atoms with E-state index in [1.165, 1.54) is 4.90 Å². The minimum Gasteiger partial charge on any atom is -0.507 e. The van der Waals surface area contributed by atoms with Gasteiger partial charge in [0.25, 0.3) is 5.78 Å².